The summed E-state index contributed by atoms with van der Waals surface area (Å²) in [6.07, 6.45) is 2.65. The molecule has 0 amide bonds. The summed E-state index contributed by atoms with van der Waals surface area (Å²) < 4.78 is 5.39. The molecule has 0 bridgehead atoms. The average Bonchev–Trinajstić information content (AvgIpc) is 2.29. The van der Waals surface area contributed by atoms with Crippen LogP contribution in [0.5, 0.6) is 5.75 Å². The maximum Gasteiger partial charge on any atom is 0.123 e. The zero-order chi connectivity index (χ0) is 12.3. The van der Waals surface area contributed by atoms with Gasteiger partial charge in [-0.2, -0.15) is 0 Å². The largest absolute Gasteiger partial charge is 0.496 e. The van der Waals surface area contributed by atoms with Gasteiger partial charge in [0.05, 0.1) is 7.11 Å². The predicted molar refractivity (Wildman–Crippen MR) is 71.1 cm³/mol. The number of rotatable bonds is 3. The molecule has 1 aromatic carbocycles. The molecule has 3 nitrogen and oxygen atoms in total. The molecule has 1 fully saturated rings. The first-order chi connectivity index (χ1) is 8.19. The molecule has 0 radical (unpaired) electrons. The quantitative estimate of drug-likeness (QED) is 0.817. The third-order valence-electron chi connectivity index (χ3n) is 3.44. The van der Waals surface area contributed by atoms with Gasteiger partial charge in [0.2, 0.25) is 0 Å². The lowest BCUT2D eigenvalue weighted by Crippen LogP contribution is -2.33. The van der Waals surface area contributed by atoms with Gasteiger partial charge in [0.1, 0.15) is 5.75 Å². The SMILES string of the molecule is COc1ccc(N)cc1CN1CCCC(C)C1. The number of hydrogen-bond donors (Lipinski definition) is 1. The summed E-state index contributed by atoms with van der Waals surface area (Å²) in [5.41, 5.74) is 7.85. The summed E-state index contributed by atoms with van der Waals surface area (Å²) in [5.74, 6) is 1.74. The number of anilines is 1. The zero-order valence-electron chi connectivity index (χ0n) is 10.8. The number of methoxy groups -OCH3 is 1. The molecule has 1 aliphatic rings. The molecule has 94 valence electrons. The van der Waals surface area contributed by atoms with Gasteiger partial charge in [0.15, 0.2) is 0 Å². The number of nitrogen functional groups attached to an aromatic ring is 1. The van der Waals surface area contributed by atoms with E-state index in [1.807, 2.05) is 18.2 Å². The van der Waals surface area contributed by atoms with Gasteiger partial charge in [-0.3, -0.25) is 4.90 Å². The van der Waals surface area contributed by atoms with Crippen molar-refractivity contribution in [3.8, 4) is 5.75 Å². The fourth-order valence-electron chi connectivity index (χ4n) is 2.59. The first kappa shape index (κ1) is 12.2. The highest BCUT2D eigenvalue weighted by Crippen LogP contribution is 2.25. The van der Waals surface area contributed by atoms with Crippen molar-refractivity contribution in [2.45, 2.75) is 26.3 Å². The van der Waals surface area contributed by atoms with Crippen LogP contribution in [0.4, 0.5) is 5.69 Å². The summed E-state index contributed by atoms with van der Waals surface area (Å²) in [5, 5.41) is 0. The van der Waals surface area contributed by atoms with Crippen LogP contribution in [-0.4, -0.2) is 25.1 Å². The molecule has 1 heterocycles. The Labute approximate surface area is 104 Å². The van der Waals surface area contributed by atoms with E-state index in [0.29, 0.717) is 0 Å². The van der Waals surface area contributed by atoms with E-state index in [4.69, 9.17) is 10.5 Å². The molecule has 1 atom stereocenters. The van der Waals surface area contributed by atoms with E-state index in [2.05, 4.69) is 11.8 Å². The summed E-state index contributed by atoms with van der Waals surface area (Å²) in [4.78, 5) is 2.49. The molecule has 1 saturated heterocycles. The maximum absolute atomic E-state index is 5.84. The van der Waals surface area contributed by atoms with Crippen molar-refractivity contribution in [2.75, 3.05) is 25.9 Å². The van der Waals surface area contributed by atoms with E-state index < -0.39 is 0 Å². The van der Waals surface area contributed by atoms with Gasteiger partial charge < -0.3 is 10.5 Å². The van der Waals surface area contributed by atoms with Crippen LogP contribution in [0.2, 0.25) is 0 Å². The summed E-state index contributed by atoms with van der Waals surface area (Å²) in [7, 11) is 1.72. The molecule has 0 aromatic heterocycles. The smallest absolute Gasteiger partial charge is 0.123 e. The molecular formula is C14H22N2O. The molecule has 0 spiro atoms. The molecule has 1 aliphatic heterocycles. The number of ether oxygens (including phenoxy) is 1. The monoisotopic (exact) mass is 234 g/mol. The minimum atomic E-state index is 0.802. The Hall–Kier alpha value is -1.22. The van der Waals surface area contributed by atoms with Crippen molar-refractivity contribution in [1.29, 1.82) is 0 Å². The van der Waals surface area contributed by atoms with Crippen LogP contribution in [0.15, 0.2) is 18.2 Å². The van der Waals surface area contributed by atoms with Gasteiger partial charge in [-0.1, -0.05) is 6.92 Å². The van der Waals surface area contributed by atoms with E-state index in [1.165, 1.54) is 31.5 Å². The second-order valence-electron chi connectivity index (χ2n) is 5.05. The summed E-state index contributed by atoms with van der Waals surface area (Å²) in [6, 6.07) is 5.87. The Morgan fingerprint density at radius 2 is 2.29 bits per heavy atom. The molecule has 1 unspecified atom stereocenters. The topological polar surface area (TPSA) is 38.5 Å². The molecule has 0 aliphatic carbocycles. The van der Waals surface area contributed by atoms with Crippen LogP contribution in [0.1, 0.15) is 25.3 Å². The summed E-state index contributed by atoms with van der Waals surface area (Å²) in [6.45, 7) is 5.63. The minimum Gasteiger partial charge on any atom is -0.496 e. The summed E-state index contributed by atoms with van der Waals surface area (Å²) >= 11 is 0. The molecule has 2 N–H and O–H groups in total. The Balaban J connectivity index is 2.08. The number of nitrogens with two attached hydrogens (primary N) is 1. The van der Waals surface area contributed by atoms with Crippen LogP contribution >= 0.6 is 0 Å². The Morgan fingerprint density at radius 1 is 1.47 bits per heavy atom. The first-order valence-electron chi connectivity index (χ1n) is 6.34. The van der Waals surface area contributed by atoms with Crippen LogP contribution < -0.4 is 10.5 Å². The van der Waals surface area contributed by atoms with E-state index in [-0.39, 0.29) is 0 Å². The van der Waals surface area contributed by atoms with Crippen molar-refractivity contribution in [3.05, 3.63) is 23.8 Å². The van der Waals surface area contributed by atoms with E-state index in [9.17, 15) is 0 Å². The van der Waals surface area contributed by atoms with E-state index in [1.54, 1.807) is 7.11 Å². The molecule has 17 heavy (non-hydrogen) atoms. The van der Waals surface area contributed by atoms with Gasteiger partial charge in [-0.05, 0) is 43.5 Å². The minimum absolute atomic E-state index is 0.802. The third-order valence-corrected chi connectivity index (χ3v) is 3.44. The molecule has 0 saturated carbocycles. The van der Waals surface area contributed by atoms with Crippen LogP contribution in [0.3, 0.4) is 0 Å². The van der Waals surface area contributed by atoms with E-state index >= 15 is 0 Å². The van der Waals surface area contributed by atoms with Gasteiger partial charge in [0, 0.05) is 24.3 Å². The Bertz CT molecular complexity index is 378. The number of hydrogen-bond acceptors (Lipinski definition) is 3. The second-order valence-corrected chi connectivity index (χ2v) is 5.05. The van der Waals surface area contributed by atoms with Gasteiger partial charge in [0.25, 0.3) is 0 Å². The van der Waals surface area contributed by atoms with Crippen molar-refractivity contribution in [1.82, 2.24) is 4.90 Å². The number of benzene rings is 1. The molecule has 3 heteroatoms. The highest BCUT2D eigenvalue weighted by atomic mass is 16.5. The first-order valence-corrected chi connectivity index (χ1v) is 6.34. The number of nitrogens with zero attached hydrogens (tertiary/aromatic N) is 1. The van der Waals surface area contributed by atoms with Crippen molar-refractivity contribution < 1.29 is 4.74 Å². The van der Waals surface area contributed by atoms with Crippen molar-refractivity contribution in [2.24, 2.45) is 5.92 Å². The Morgan fingerprint density at radius 3 is 3.00 bits per heavy atom. The lowest BCUT2D eigenvalue weighted by Gasteiger charge is -2.31. The number of likely N-dealkylation sites (tertiary alicyclic amines) is 1. The highest BCUT2D eigenvalue weighted by Gasteiger charge is 2.17. The standard InChI is InChI=1S/C14H22N2O/c1-11-4-3-7-16(9-11)10-12-8-13(15)5-6-14(12)17-2/h5-6,8,11H,3-4,7,9-10,15H2,1-2H3. The second kappa shape index (κ2) is 5.41. The zero-order valence-corrected chi connectivity index (χ0v) is 10.8. The maximum atomic E-state index is 5.84. The van der Waals surface area contributed by atoms with E-state index in [0.717, 1.165) is 23.9 Å². The average molecular weight is 234 g/mol. The van der Waals surface area contributed by atoms with Crippen LogP contribution in [0.25, 0.3) is 0 Å². The normalized spacial score (nSPS) is 21.4. The van der Waals surface area contributed by atoms with Crippen molar-refractivity contribution in [3.63, 3.8) is 0 Å². The van der Waals surface area contributed by atoms with Crippen molar-refractivity contribution >= 4 is 5.69 Å². The lowest BCUT2D eigenvalue weighted by atomic mass is 9.99. The fraction of sp³-hybridized carbons (Fsp3) is 0.571. The molecule has 2 rings (SSSR count). The highest BCUT2D eigenvalue weighted by molar-refractivity contribution is 5.47. The van der Waals surface area contributed by atoms with Gasteiger partial charge in [-0.15, -0.1) is 0 Å². The molecular weight excluding hydrogens is 212 g/mol. The third kappa shape index (κ3) is 3.13. The van der Waals surface area contributed by atoms with Gasteiger partial charge >= 0.3 is 0 Å². The lowest BCUT2D eigenvalue weighted by molar-refractivity contribution is 0.175. The van der Waals surface area contributed by atoms with Crippen LogP contribution in [0, 0.1) is 5.92 Å². The van der Waals surface area contributed by atoms with Crippen LogP contribution in [-0.2, 0) is 6.54 Å². The number of piperidine rings is 1. The molecule has 1 aromatic rings. The fourth-order valence-corrected chi connectivity index (χ4v) is 2.59. The Kier molecular flexibility index (Phi) is 3.89. The van der Waals surface area contributed by atoms with Gasteiger partial charge in [-0.25, -0.2) is 0 Å². The predicted octanol–water partition coefficient (Wildman–Crippen LogP) is 2.51.